The van der Waals surface area contributed by atoms with Crippen molar-refractivity contribution < 1.29 is 24.9 Å². The standard InChI is InChI=1S/C18H21NO5/c1-19-5-4-17-14-9-2-3-10(8-20)15(14)24-16(17)11(21)7-13(22)18(17,23)12(19)6-9/h2-3,12-13,16,20,22-23H,4-8H2,1H3/t12?,13?,16?,17?,18-/m0/s1. The number of ketones is 1. The first-order valence-corrected chi connectivity index (χ1v) is 8.51. The summed E-state index contributed by atoms with van der Waals surface area (Å²) < 4.78 is 6.06. The Balaban J connectivity index is 1.87. The van der Waals surface area contributed by atoms with Gasteiger partial charge in [0, 0.05) is 23.6 Å². The largest absolute Gasteiger partial charge is 0.481 e. The summed E-state index contributed by atoms with van der Waals surface area (Å²) in [5.74, 6) is 0.382. The van der Waals surface area contributed by atoms with Crippen LogP contribution in [-0.2, 0) is 23.2 Å². The number of nitrogens with zero attached hydrogens (tertiary/aromatic N) is 1. The van der Waals surface area contributed by atoms with Crippen molar-refractivity contribution in [3.63, 3.8) is 0 Å². The first-order chi connectivity index (χ1) is 11.4. The molecule has 1 saturated carbocycles. The van der Waals surface area contributed by atoms with Crippen molar-refractivity contribution in [2.24, 2.45) is 0 Å². The summed E-state index contributed by atoms with van der Waals surface area (Å²) in [5, 5.41) is 32.2. The summed E-state index contributed by atoms with van der Waals surface area (Å²) in [6.45, 7) is 0.555. The van der Waals surface area contributed by atoms with Gasteiger partial charge in [0.25, 0.3) is 0 Å². The van der Waals surface area contributed by atoms with Crippen molar-refractivity contribution in [3.8, 4) is 5.75 Å². The fourth-order valence-corrected chi connectivity index (χ4v) is 5.78. The van der Waals surface area contributed by atoms with Crippen LogP contribution in [0.25, 0.3) is 0 Å². The molecule has 4 aliphatic rings. The fraction of sp³-hybridized carbons (Fsp3) is 0.611. The molecular formula is C18H21NO5. The van der Waals surface area contributed by atoms with Gasteiger partial charge >= 0.3 is 0 Å². The molecule has 3 N–H and O–H groups in total. The van der Waals surface area contributed by atoms with E-state index in [0.29, 0.717) is 24.2 Å². The zero-order valence-electron chi connectivity index (χ0n) is 13.5. The lowest BCUT2D eigenvalue weighted by molar-refractivity contribution is -0.226. The maximum Gasteiger partial charge on any atom is 0.177 e. The number of hydrogen-bond donors (Lipinski definition) is 3. The molecule has 0 radical (unpaired) electrons. The number of carbonyl (C=O) groups excluding carboxylic acids is 1. The van der Waals surface area contributed by atoms with Gasteiger partial charge in [-0.05, 0) is 32.0 Å². The third-order valence-corrected chi connectivity index (χ3v) is 6.85. The van der Waals surface area contributed by atoms with Gasteiger partial charge in [-0.2, -0.15) is 0 Å². The van der Waals surface area contributed by atoms with Gasteiger partial charge in [-0.25, -0.2) is 0 Å². The van der Waals surface area contributed by atoms with Crippen LogP contribution in [0.5, 0.6) is 5.75 Å². The normalized spacial score (nSPS) is 42.7. The molecule has 2 heterocycles. The average molecular weight is 331 g/mol. The van der Waals surface area contributed by atoms with Gasteiger partial charge in [-0.3, -0.25) is 4.79 Å². The van der Waals surface area contributed by atoms with E-state index in [1.807, 2.05) is 19.2 Å². The van der Waals surface area contributed by atoms with Crippen LogP contribution >= 0.6 is 0 Å². The van der Waals surface area contributed by atoms with E-state index < -0.39 is 23.2 Å². The smallest absolute Gasteiger partial charge is 0.177 e. The van der Waals surface area contributed by atoms with Crippen molar-refractivity contribution in [2.45, 2.75) is 55.1 Å². The van der Waals surface area contributed by atoms with E-state index >= 15 is 0 Å². The highest BCUT2D eigenvalue weighted by Gasteiger charge is 2.75. The quantitative estimate of drug-likeness (QED) is 0.643. The van der Waals surface area contributed by atoms with Gasteiger partial charge in [0.1, 0.15) is 11.4 Å². The van der Waals surface area contributed by atoms with Crippen LogP contribution in [0.4, 0.5) is 0 Å². The maximum absolute atomic E-state index is 12.7. The van der Waals surface area contributed by atoms with E-state index in [-0.39, 0.29) is 24.9 Å². The molecule has 5 atom stereocenters. The minimum Gasteiger partial charge on any atom is -0.481 e. The average Bonchev–Trinajstić information content (AvgIpc) is 2.91. The number of likely N-dealkylation sites (N-methyl/N-ethyl adjacent to an activating group) is 1. The lowest BCUT2D eigenvalue weighted by Gasteiger charge is -2.63. The zero-order chi connectivity index (χ0) is 16.9. The second-order valence-electron chi connectivity index (χ2n) is 7.68. The number of Topliss-reactive ketones (excluding diaryl/α,β-unsaturated/α-hetero) is 1. The molecule has 5 rings (SSSR count). The summed E-state index contributed by atoms with van der Waals surface area (Å²) in [5.41, 5.74) is 0.211. The molecule has 0 aromatic heterocycles. The summed E-state index contributed by atoms with van der Waals surface area (Å²) in [6, 6.07) is 3.55. The first-order valence-electron chi connectivity index (χ1n) is 8.51. The number of carbonyl (C=O) groups is 1. The zero-order valence-corrected chi connectivity index (χ0v) is 13.5. The Hall–Kier alpha value is -1.47. The number of piperidine rings is 1. The predicted octanol–water partition coefficient (Wildman–Crippen LogP) is -0.497. The highest BCUT2D eigenvalue weighted by Crippen LogP contribution is 2.63. The number of rotatable bonds is 1. The van der Waals surface area contributed by atoms with Crippen molar-refractivity contribution in [1.29, 1.82) is 0 Å². The van der Waals surface area contributed by atoms with E-state index in [9.17, 15) is 20.1 Å². The van der Waals surface area contributed by atoms with Gasteiger partial charge in [0.05, 0.1) is 18.1 Å². The van der Waals surface area contributed by atoms with E-state index in [0.717, 1.165) is 17.7 Å². The Morgan fingerprint density at radius 1 is 1.38 bits per heavy atom. The number of likely N-dealkylation sites (tertiary alicyclic amines) is 1. The Morgan fingerprint density at radius 2 is 2.17 bits per heavy atom. The summed E-state index contributed by atoms with van der Waals surface area (Å²) in [6.07, 6.45) is -0.813. The fourth-order valence-electron chi connectivity index (χ4n) is 5.78. The SMILES string of the molecule is CN1CCC23c4c5ccc(CO)c4OC2C(=O)CC(O)[C@@]3(O)C1C5. The van der Waals surface area contributed by atoms with Gasteiger partial charge in [0.2, 0.25) is 0 Å². The van der Waals surface area contributed by atoms with Crippen LogP contribution in [0, 0.1) is 0 Å². The monoisotopic (exact) mass is 331 g/mol. The van der Waals surface area contributed by atoms with Crippen LogP contribution in [0.2, 0.25) is 0 Å². The predicted molar refractivity (Wildman–Crippen MR) is 83.8 cm³/mol. The number of hydrogen-bond acceptors (Lipinski definition) is 6. The second kappa shape index (κ2) is 4.38. The molecule has 2 aliphatic heterocycles. The number of ether oxygens (including phenoxy) is 1. The highest BCUT2D eigenvalue weighted by atomic mass is 16.5. The lowest BCUT2D eigenvalue weighted by atomic mass is 9.48. The van der Waals surface area contributed by atoms with Crippen molar-refractivity contribution in [2.75, 3.05) is 13.6 Å². The Morgan fingerprint density at radius 3 is 2.92 bits per heavy atom. The molecule has 2 fully saturated rings. The molecular weight excluding hydrogens is 310 g/mol. The molecule has 2 aliphatic carbocycles. The van der Waals surface area contributed by atoms with E-state index in [4.69, 9.17) is 4.74 Å². The van der Waals surface area contributed by atoms with Crippen LogP contribution in [0.15, 0.2) is 12.1 Å². The summed E-state index contributed by atoms with van der Waals surface area (Å²) in [4.78, 5) is 14.8. The molecule has 128 valence electrons. The molecule has 4 unspecified atom stereocenters. The molecule has 6 nitrogen and oxygen atoms in total. The minimum atomic E-state index is -1.41. The first kappa shape index (κ1) is 14.8. The topological polar surface area (TPSA) is 90.2 Å². The third kappa shape index (κ3) is 1.34. The van der Waals surface area contributed by atoms with Crippen LogP contribution < -0.4 is 4.74 Å². The summed E-state index contributed by atoms with van der Waals surface area (Å²) in [7, 11) is 1.96. The molecule has 24 heavy (non-hydrogen) atoms. The highest BCUT2D eigenvalue weighted by molar-refractivity contribution is 5.90. The molecule has 2 bridgehead atoms. The molecule has 6 heteroatoms. The number of aliphatic hydroxyl groups is 3. The molecule has 0 amide bonds. The van der Waals surface area contributed by atoms with Gasteiger partial charge in [0.15, 0.2) is 11.9 Å². The Bertz CT molecular complexity index is 764. The van der Waals surface area contributed by atoms with Crippen LogP contribution in [0.3, 0.4) is 0 Å². The molecule has 1 spiro atoms. The minimum absolute atomic E-state index is 0.0922. The van der Waals surface area contributed by atoms with Gasteiger partial charge in [-0.1, -0.05) is 12.1 Å². The third-order valence-electron chi connectivity index (χ3n) is 6.85. The van der Waals surface area contributed by atoms with Crippen molar-refractivity contribution in [3.05, 3.63) is 28.8 Å². The number of benzene rings is 1. The molecule has 1 aromatic rings. The van der Waals surface area contributed by atoms with Crippen molar-refractivity contribution in [1.82, 2.24) is 4.90 Å². The molecule has 1 saturated heterocycles. The second-order valence-corrected chi connectivity index (χ2v) is 7.68. The van der Waals surface area contributed by atoms with Gasteiger partial charge < -0.3 is 25.0 Å². The van der Waals surface area contributed by atoms with E-state index in [1.54, 1.807) is 0 Å². The van der Waals surface area contributed by atoms with Crippen LogP contribution in [0.1, 0.15) is 29.5 Å². The van der Waals surface area contributed by atoms with Crippen LogP contribution in [-0.4, -0.2) is 63.4 Å². The Kier molecular flexibility index (Phi) is 2.71. The van der Waals surface area contributed by atoms with Gasteiger partial charge in [-0.15, -0.1) is 0 Å². The Labute approximate surface area is 139 Å². The molecule has 1 aromatic carbocycles. The number of aliphatic hydroxyl groups excluding tert-OH is 2. The van der Waals surface area contributed by atoms with E-state index in [2.05, 4.69) is 4.90 Å². The van der Waals surface area contributed by atoms with E-state index in [1.165, 1.54) is 0 Å². The maximum atomic E-state index is 12.7. The van der Waals surface area contributed by atoms with Crippen molar-refractivity contribution >= 4 is 5.78 Å². The lowest BCUT2D eigenvalue weighted by Crippen LogP contribution is -2.80. The summed E-state index contributed by atoms with van der Waals surface area (Å²) >= 11 is 0.